The molecule has 1 aromatic heterocycles. The third-order valence-electron chi connectivity index (χ3n) is 3.11. The lowest BCUT2D eigenvalue weighted by atomic mass is 10.2. The van der Waals surface area contributed by atoms with Gasteiger partial charge in [0.2, 0.25) is 0 Å². The van der Waals surface area contributed by atoms with E-state index in [1.165, 1.54) is 25.9 Å². The summed E-state index contributed by atoms with van der Waals surface area (Å²) in [6.07, 6.45) is 2.59. The van der Waals surface area contributed by atoms with Crippen LogP contribution in [0.1, 0.15) is 30.1 Å². The Kier molecular flexibility index (Phi) is 3.96. The maximum absolute atomic E-state index is 11.7. The molecule has 1 amide bonds. The van der Waals surface area contributed by atoms with Gasteiger partial charge in [-0.15, -0.1) is 0 Å². The van der Waals surface area contributed by atoms with Crippen LogP contribution in [0.15, 0.2) is 16.8 Å². The van der Waals surface area contributed by atoms with Crippen molar-refractivity contribution in [1.29, 1.82) is 0 Å². The van der Waals surface area contributed by atoms with E-state index in [1.807, 2.05) is 16.8 Å². The predicted molar refractivity (Wildman–Crippen MR) is 66.9 cm³/mol. The van der Waals surface area contributed by atoms with Crippen LogP contribution < -0.4 is 5.32 Å². The molecule has 3 nitrogen and oxygen atoms in total. The first-order valence-corrected chi connectivity index (χ1v) is 6.76. The molecule has 0 spiro atoms. The number of hydrogen-bond donors (Lipinski definition) is 1. The summed E-state index contributed by atoms with van der Waals surface area (Å²) in [5, 5.41) is 6.80. The van der Waals surface area contributed by atoms with Crippen LogP contribution in [0.4, 0.5) is 0 Å². The van der Waals surface area contributed by atoms with Crippen molar-refractivity contribution in [2.24, 2.45) is 0 Å². The zero-order valence-corrected chi connectivity index (χ0v) is 10.4. The van der Waals surface area contributed by atoms with Gasteiger partial charge in [-0.2, -0.15) is 11.3 Å². The monoisotopic (exact) mass is 238 g/mol. The van der Waals surface area contributed by atoms with Gasteiger partial charge in [0.15, 0.2) is 0 Å². The van der Waals surface area contributed by atoms with E-state index in [0.717, 1.165) is 12.1 Å². The van der Waals surface area contributed by atoms with Crippen LogP contribution in [0.25, 0.3) is 0 Å². The Balaban J connectivity index is 1.76. The molecular formula is C12H18N2OS. The smallest absolute Gasteiger partial charge is 0.252 e. The van der Waals surface area contributed by atoms with Crippen molar-refractivity contribution in [3.05, 3.63) is 22.4 Å². The van der Waals surface area contributed by atoms with Crippen molar-refractivity contribution < 1.29 is 4.79 Å². The highest BCUT2D eigenvalue weighted by atomic mass is 32.1. The molecular weight excluding hydrogens is 220 g/mol. The maximum Gasteiger partial charge on any atom is 0.252 e. The van der Waals surface area contributed by atoms with E-state index in [0.29, 0.717) is 6.04 Å². The lowest BCUT2D eigenvalue weighted by molar-refractivity contribution is 0.0941. The molecule has 1 N–H and O–H groups in total. The number of hydrogen-bond acceptors (Lipinski definition) is 3. The van der Waals surface area contributed by atoms with Gasteiger partial charge in [0, 0.05) is 23.5 Å². The number of carbonyl (C=O) groups is 1. The molecule has 1 saturated heterocycles. The Morgan fingerprint density at radius 1 is 1.56 bits per heavy atom. The van der Waals surface area contributed by atoms with Gasteiger partial charge in [-0.05, 0) is 44.3 Å². The van der Waals surface area contributed by atoms with Crippen molar-refractivity contribution in [2.45, 2.75) is 25.8 Å². The molecule has 16 heavy (non-hydrogen) atoms. The summed E-state index contributed by atoms with van der Waals surface area (Å²) < 4.78 is 0. The van der Waals surface area contributed by atoms with Crippen LogP contribution in [0.3, 0.4) is 0 Å². The van der Waals surface area contributed by atoms with E-state index >= 15 is 0 Å². The van der Waals surface area contributed by atoms with Crippen LogP contribution >= 0.6 is 11.3 Å². The number of nitrogens with one attached hydrogen (secondary N) is 1. The van der Waals surface area contributed by atoms with Crippen molar-refractivity contribution >= 4 is 17.2 Å². The molecule has 2 rings (SSSR count). The first-order valence-electron chi connectivity index (χ1n) is 5.82. The lowest BCUT2D eigenvalue weighted by Crippen LogP contribution is -2.40. The van der Waals surface area contributed by atoms with Crippen LogP contribution in [0.2, 0.25) is 0 Å². The molecule has 4 heteroatoms. The van der Waals surface area contributed by atoms with Crippen LogP contribution in [0, 0.1) is 0 Å². The molecule has 1 aliphatic rings. The number of nitrogens with zero attached hydrogens (tertiary/aromatic N) is 1. The molecule has 88 valence electrons. The average molecular weight is 238 g/mol. The highest BCUT2D eigenvalue weighted by Gasteiger charge is 2.18. The summed E-state index contributed by atoms with van der Waals surface area (Å²) in [4.78, 5) is 14.1. The second-order valence-electron chi connectivity index (χ2n) is 4.31. The maximum atomic E-state index is 11.7. The number of amides is 1. The largest absolute Gasteiger partial charge is 0.350 e. The molecule has 0 saturated carbocycles. The number of thiophene rings is 1. The van der Waals surface area contributed by atoms with Crippen molar-refractivity contribution in [2.75, 3.05) is 19.6 Å². The second kappa shape index (κ2) is 5.46. The fourth-order valence-electron chi connectivity index (χ4n) is 2.05. The van der Waals surface area contributed by atoms with Gasteiger partial charge in [-0.1, -0.05) is 0 Å². The van der Waals surface area contributed by atoms with Gasteiger partial charge >= 0.3 is 0 Å². The topological polar surface area (TPSA) is 32.3 Å². The number of rotatable bonds is 4. The van der Waals surface area contributed by atoms with E-state index in [9.17, 15) is 4.79 Å². The van der Waals surface area contributed by atoms with Crippen molar-refractivity contribution in [1.82, 2.24) is 10.2 Å². The fraction of sp³-hybridized carbons (Fsp3) is 0.583. The summed E-state index contributed by atoms with van der Waals surface area (Å²) in [5.41, 5.74) is 0.777. The van der Waals surface area contributed by atoms with E-state index in [2.05, 4.69) is 17.1 Å². The minimum Gasteiger partial charge on any atom is -0.350 e. The number of likely N-dealkylation sites (tertiary alicyclic amines) is 1. The summed E-state index contributed by atoms with van der Waals surface area (Å²) in [6, 6.07) is 2.31. The average Bonchev–Trinajstić information content (AvgIpc) is 2.95. The van der Waals surface area contributed by atoms with Crippen LogP contribution in [-0.4, -0.2) is 36.5 Å². The summed E-state index contributed by atoms with van der Waals surface area (Å²) in [6.45, 7) is 5.28. The fourth-order valence-corrected chi connectivity index (χ4v) is 2.68. The molecule has 1 atom stereocenters. The molecule has 1 unspecified atom stereocenters. The van der Waals surface area contributed by atoms with Gasteiger partial charge in [-0.3, -0.25) is 9.69 Å². The minimum absolute atomic E-state index is 0.0484. The SMILES string of the molecule is CC(CNC(=O)c1ccsc1)N1CCCC1. The first-order chi connectivity index (χ1) is 7.77. The normalized spacial score (nSPS) is 18.6. The van der Waals surface area contributed by atoms with E-state index in [-0.39, 0.29) is 5.91 Å². The highest BCUT2D eigenvalue weighted by Crippen LogP contribution is 2.11. The predicted octanol–water partition coefficient (Wildman–Crippen LogP) is 1.96. The Hall–Kier alpha value is -0.870. The van der Waals surface area contributed by atoms with E-state index < -0.39 is 0 Å². The van der Waals surface area contributed by atoms with E-state index in [4.69, 9.17) is 0 Å². The summed E-state index contributed by atoms with van der Waals surface area (Å²) in [7, 11) is 0. The molecule has 0 radical (unpaired) electrons. The van der Waals surface area contributed by atoms with Crippen molar-refractivity contribution in [3.63, 3.8) is 0 Å². The molecule has 2 heterocycles. The second-order valence-corrected chi connectivity index (χ2v) is 5.09. The zero-order chi connectivity index (χ0) is 11.4. The zero-order valence-electron chi connectivity index (χ0n) is 9.61. The lowest BCUT2D eigenvalue weighted by Gasteiger charge is -2.23. The van der Waals surface area contributed by atoms with Crippen LogP contribution in [0.5, 0.6) is 0 Å². The van der Waals surface area contributed by atoms with E-state index in [1.54, 1.807) is 11.3 Å². The van der Waals surface area contributed by atoms with Gasteiger partial charge in [0.25, 0.3) is 5.91 Å². The molecule has 0 aliphatic carbocycles. The quantitative estimate of drug-likeness (QED) is 0.869. The Morgan fingerprint density at radius 2 is 2.31 bits per heavy atom. The van der Waals surface area contributed by atoms with Crippen LogP contribution in [-0.2, 0) is 0 Å². The Morgan fingerprint density at radius 3 is 2.94 bits per heavy atom. The Bertz CT molecular complexity index is 331. The number of carbonyl (C=O) groups excluding carboxylic acids is 1. The van der Waals surface area contributed by atoms with Gasteiger partial charge in [0.1, 0.15) is 0 Å². The summed E-state index contributed by atoms with van der Waals surface area (Å²) >= 11 is 1.56. The van der Waals surface area contributed by atoms with Gasteiger partial charge < -0.3 is 5.32 Å². The molecule has 1 aromatic rings. The molecule has 1 aliphatic heterocycles. The molecule has 1 fully saturated rings. The minimum atomic E-state index is 0.0484. The molecule has 0 aromatic carbocycles. The van der Waals surface area contributed by atoms with Gasteiger partial charge in [0.05, 0.1) is 0 Å². The van der Waals surface area contributed by atoms with Crippen molar-refractivity contribution in [3.8, 4) is 0 Å². The standard InChI is InChI=1S/C12H18N2OS/c1-10(14-5-2-3-6-14)8-13-12(15)11-4-7-16-9-11/h4,7,9-10H,2-3,5-6,8H2,1H3,(H,13,15). The summed E-state index contributed by atoms with van der Waals surface area (Å²) in [5.74, 6) is 0.0484. The first kappa shape index (κ1) is 11.6. The molecule has 0 bridgehead atoms. The third-order valence-corrected chi connectivity index (χ3v) is 3.79. The van der Waals surface area contributed by atoms with Gasteiger partial charge in [-0.25, -0.2) is 0 Å². The third kappa shape index (κ3) is 2.83. The highest BCUT2D eigenvalue weighted by molar-refractivity contribution is 7.08. The Labute approximate surface area is 100 Å².